The van der Waals surface area contributed by atoms with Crippen LogP contribution in [0.1, 0.15) is 19.8 Å². The first kappa shape index (κ1) is 15.9. The SMILES string of the molecule is C[C@@H](OC[C@H]1CCCO1)C(=O)NS(=O)(=O)c1ccccc1. The first-order chi connectivity index (χ1) is 9.99. The van der Waals surface area contributed by atoms with Crippen LogP contribution in [-0.2, 0) is 24.3 Å². The van der Waals surface area contributed by atoms with Gasteiger partial charge in [-0.15, -0.1) is 0 Å². The van der Waals surface area contributed by atoms with E-state index in [1.807, 2.05) is 4.72 Å². The van der Waals surface area contributed by atoms with Gasteiger partial charge in [0.25, 0.3) is 15.9 Å². The molecule has 6 nitrogen and oxygen atoms in total. The van der Waals surface area contributed by atoms with Crippen LogP contribution in [0.5, 0.6) is 0 Å². The van der Waals surface area contributed by atoms with E-state index in [9.17, 15) is 13.2 Å². The summed E-state index contributed by atoms with van der Waals surface area (Å²) >= 11 is 0. The number of rotatable bonds is 6. The lowest BCUT2D eigenvalue weighted by Gasteiger charge is -2.16. The monoisotopic (exact) mass is 313 g/mol. The summed E-state index contributed by atoms with van der Waals surface area (Å²) in [7, 11) is -3.85. The summed E-state index contributed by atoms with van der Waals surface area (Å²) in [5, 5.41) is 0. The summed E-state index contributed by atoms with van der Waals surface area (Å²) in [5.74, 6) is -0.683. The third-order valence-corrected chi connectivity index (χ3v) is 4.58. The van der Waals surface area contributed by atoms with E-state index in [0.29, 0.717) is 13.2 Å². The average molecular weight is 313 g/mol. The Balaban J connectivity index is 1.88. The van der Waals surface area contributed by atoms with E-state index in [4.69, 9.17) is 9.47 Å². The molecule has 0 spiro atoms. The number of hydrogen-bond donors (Lipinski definition) is 1. The fourth-order valence-corrected chi connectivity index (χ4v) is 3.04. The molecule has 0 radical (unpaired) electrons. The lowest BCUT2D eigenvalue weighted by molar-refractivity contribution is -0.131. The van der Waals surface area contributed by atoms with Crippen LogP contribution in [0.4, 0.5) is 0 Å². The highest BCUT2D eigenvalue weighted by molar-refractivity contribution is 7.90. The van der Waals surface area contributed by atoms with Gasteiger partial charge in [0.1, 0.15) is 6.10 Å². The van der Waals surface area contributed by atoms with Gasteiger partial charge in [0.05, 0.1) is 17.6 Å². The number of benzene rings is 1. The quantitative estimate of drug-likeness (QED) is 0.850. The van der Waals surface area contributed by atoms with Crippen LogP contribution < -0.4 is 4.72 Å². The maximum absolute atomic E-state index is 12.0. The number of hydrogen-bond acceptors (Lipinski definition) is 5. The normalized spacial score (nSPS) is 20.1. The van der Waals surface area contributed by atoms with Gasteiger partial charge >= 0.3 is 0 Å². The molecule has 0 bridgehead atoms. The fourth-order valence-electron chi connectivity index (χ4n) is 1.98. The molecule has 0 unspecified atom stereocenters. The molecule has 0 saturated carbocycles. The summed E-state index contributed by atoms with van der Waals surface area (Å²) in [5.41, 5.74) is 0. The van der Waals surface area contributed by atoms with E-state index in [1.54, 1.807) is 18.2 Å². The van der Waals surface area contributed by atoms with E-state index < -0.39 is 22.0 Å². The van der Waals surface area contributed by atoms with Crippen molar-refractivity contribution in [3.63, 3.8) is 0 Å². The van der Waals surface area contributed by atoms with Crippen molar-refractivity contribution >= 4 is 15.9 Å². The third-order valence-electron chi connectivity index (χ3n) is 3.21. The first-order valence-electron chi connectivity index (χ1n) is 6.84. The predicted molar refractivity (Wildman–Crippen MR) is 76.2 cm³/mol. The predicted octanol–water partition coefficient (Wildman–Crippen LogP) is 1.08. The molecule has 0 aromatic heterocycles. The summed E-state index contributed by atoms with van der Waals surface area (Å²) in [4.78, 5) is 11.9. The second-order valence-corrected chi connectivity index (χ2v) is 6.58. The van der Waals surface area contributed by atoms with Crippen molar-refractivity contribution in [2.45, 2.75) is 36.9 Å². The third kappa shape index (κ3) is 4.52. The minimum Gasteiger partial charge on any atom is -0.376 e. The maximum atomic E-state index is 12.0. The Hall–Kier alpha value is -1.44. The minimum absolute atomic E-state index is 0.00835. The van der Waals surface area contributed by atoms with Gasteiger partial charge in [-0.25, -0.2) is 13.1 Å². The van der Waals surface area contributed by atoms with Crippen LogP contribution in [-0.4, -0.2) is 39.7 Å². The lowest BCUT2D eigenvalue weighted by Crippen LogP contribution is -2.39. The molecule has 21 heavy (non-hydrogen) atoms. The number of nitrogens with one attached hydrogen (secondary N) is 1. The van der Waals surface area contributed by atoms with Gasteiger partial charge < -0.3 is 9.47 Å². The summed E-state index contributed by atoms with van der Waals surface area (Å²) in [6.45, 7) is 2.52. The van der Waals surface area contributed by atoms with Gasteiger partial charge in [-0.1, -0.05) is 18.2 Å². The highest BCUT2D eigenvalue weighted by atomic mass is 32.2. The van der Waals surface area contributed by atoms with Crippen molar-refractivity contribution in [1.29, 1.82) is 0 Å². The number of carbonyl (C=O) groups excluding carboxylic acids is 1. The minimum atomic E-state index is -3.85. The Morgan fingerprint density at radius 3 is 2.76 bits per heavy atom. The molecular formula is C14H19NO5S. The number of sulfonamides is 1. The molecular weight excluding hydrogens is 294 g/mol. The van der Waals surface area contributed by atoms with E-state index in [2.05, 4.69) is 0 Å². The van der Waals surface area contributed by atoms with Crippen LogP contribution in [0.2, 0.25) is 0 Å². The van der Waals surface area contributed by atoms with Crippen molar-refractivity contribution < 1.29 is 22.7 Å². The molecule has 1 aliphatic rings. The highest BCUT2D eigenvalue weighted by Gasteiger charge is 2.24. The zero-order valence-electron chi connectivity index (χ0n) is 11.8. The second-order valence-electron chi connectivity index (χ2n) is 4.89. The Morgan fingerprint density at radius 1 is 1.43 bits per heavy atom. The fraction of sp³-hybridized carbons (Fsp3) is 0.500. The molecule has 2 rings (SSSR count). The van der Waals surface area contributed by atoms with Crippen LogP contribution in [0.25, 0.3) is 0 Å². The number of carbonyl (C=O) groups is 1. The Labute approximate surface area is 124 Å². The van der Waals surface area contributed by atoms with Crippen LogP contribution in [0.15, 0.2) is 35.2 Å². The zero-order chi connectivity index (χ0) is 15.3. The van der Waals surface area contributed by atoms with E-state index in [0.717, 1.165) is 12.8 Å². The smallest absolute Gasteiger partial charge is 0.264 e. The molecule has 116 valence electrons. The van der Waals surface area contributed by atoms with Gasteiger partial charge in [-0.3, -0.25) is 4.79 Å². The van der Waals surface area contributed by atoms with E-state index in [-0.39, 0.29) is 11.0 Å². The molecule has 1 saturated heterocycles. The maximum Gasteiger partial charge on any atom is 0.264 e. The van der Waals surface area contributed by atoms with Crippen LogP contribution in [0.3, 0.4) is 0 Å². The van der Waals surface area contributed by atoms with E-state index >= 15 is 0 Å². The Bertz CT molecular complexity index is 566. The number of ether oxygens (including phenoxy) is 2. The molecule has 1 aromatic carbocycles. The standard InChI is InChI=1S/C14H19NO5S/c1-11(20-10-12-6-5-9-19-12)14(16)15-21(17,18)13-7-3-2-4-8-13/h2-4,7-8,11-12H,5-6,9-10H2,1H3,(H,15,16)/t11-,12-/m1/s1. The van der Waals surface area contributed by atoms with Gasteiger partial charge in [0.2, 0.25) is 0 Å². The van der Waals surface area contributed by atoms with Gasteiger partial charge in [-0.2, -0.15) is 0 Å². The lowest BCUT2D eigenvalue weighted by atomic mass is 10.2. The molecule has 1 N–H and O–H groups in total. The molecule has 1 amide bonds. The van der Waals surface area contributed by atoms with Crippen molar-refractivity contribution in [3.8, 4) is 0 Å². The van der Waals surface area contributed by atoms with Crippen LogP contribution >= 0.6 is 0 Å². The largest absolute Gasteiger partial charge is 0.376 e. The second kappa shape index (κ2) is 7.02. The summed E-state index contributed by atoms with van der Waals surface area (Å²) in [6, 6.07) is 7.74. The van der Waals surface area contributed by atoms with E-state index in [1.165, 1.54) is 19.1 Å². The average Bonchev–Trinajstić information content (AvgIpc) is 2.98. The molecule has 0 aliphatic carbocycles. The van der Waals surface area contributed by atoms with Crippen LogP contribution in [0, 0.1) is 0 Å². The molecule has 7 heteroatoms. The van der Waals surface area contributed by atoms with Gasteiger partial charge in [0.15, 0.2) is 0 Å². The highest BCUT2D eigenvalue weighted by Crippen LogP contribution is 2.13. The molecule has 2 atom stereocenters. The summed E-state index contributed by atoms with van der Waals surface area (Å²) < 4.78 is 36.8. The van der Waals surface area contributed by atoms with Gasteiger partial charge in [-0.05, 0) is 31.9 Å². The zero-order valence-corrected chi connectivity index (χ0v) is 12.6. The van der Waals surface area contributed by atoms with Crippen molar-refractivity contribution in [2.24, 2.45) is 0 Å². The topological polar surface area (TPSA) is 81.7 Å². The first-order valence-corrected chi connectivity index (χ1v) is 8.32. The molecule has 1 heterocycles. The molecule has 1 aromatic rings. The number of amides is 1. The van der Waals surface area contributed by atoms with Gasteiger partial charge in [0, 0.05) is 6.61 Å². The Kier molecular flexibility index (Phi) is 5.33. The van der Waals surface area contributed by atoms with Crippen molar-refractivity contribution in [3.05, 3.63) is 30.3 Å². The van der Waals surface area contributed by atoms with Crippen molar-refractivity contribution in [2.75, 3.05) is 13.2 Å². The summed E-state index contributed by atoms with van der Waals surface area (Å²) in [6.07, 6.45) is 1.02. The molecule has 1 aliphatic heterocycles. The Morgan fingerprint density at radius 2 is 2.14 bits per heavy atom. The van der Waals surface area contributed by atoms with Crippen molar-refractivity contribution in [1.82, 2.24) is 4.72 Å². The molecule has 1 fully saturated rings.